The first-order valence-electron chi connectivity index (χ1n) is 14.3. The van der Waals surface area contributed by atoms with E-state index in [1.807, 2.05) is 49.5 Å². The van der Waals surface area contributed by atoms with E-state index < -0.39 is 0 Å². The SMILES string of the molecule is CC1=CCn2c(-c3[c-]cccc3)nc3cccc1c32.Cc1ccc2c(n1)oc1c(-c3cc(C(C)C)ccn3)[c-]ccc12.[Ir]. The van der Waals surface area contributed by atoms with Crippen LogP contribution in [-0.2, 0) is 26.7 Å². The van der Waals surface area contributed by atoms with Gasteiger partial charge >= 0.3 is 0 Å². The van der Waals surface area contributed by atoms with Gasteiger partial charge in [-0.2, -0.15) is 0 Å². The molecule has 0 aliphatic carbocycles. The van der Waals surface area contributed by atoms with Gasteiger partial charge in [0.15, 0.2) is 0 Å². The minimum absolute atomic E-state index is 0. The van der Waals surface area contributed by atoms with Crippen LogP contribution in [0, 0.1) is 19.1 Å². The summed E-state index contributed by atoms with van der Waals surface area (Å²) in [5, 5.41) is 2.08. The molecule has 3 aromatic carbocycles. The van der Waals surface area contributed by atoms with Gasteiger partial charge in [-0.3, -0.25) is 4.98 Å². The van der Waals surface area contributed by atoms with Gasteiger partial charge in [-0.1, -0.05) is 54.6 Å². The minimum Gasteiger partial charge on any atom is -0.486 e. The van der Waals surface area contributed by atoms with Crippen LogP contribution >= 0.6 is 0 Å². The summed E-state index contributed by atoms with van der Waals surface area (Å²) in [4.78, 5) is 13.8. The van der Waals surface area contributed by atoms with Gasteiger partial charge in [-0.05, 0) is 55.3 Å². The number of rotatable bonds is 3. The van der Waals surface area contributed by atoms with Crippen LogP contribution in [0.25, 0.3) is 61.3 Å². The van der Waals surface area contributed by atoms with Crippen molar-refractivity contribution in [2.75, 3.05) is 0 Å². The van der Waals surface area contributed by atoms with Gasteiger partial charge in [0.2, 0.25) is 5.71 Å². The normalized spacial score (nSPS) is 12.3. The molecule has 1 aliphatic rings. The number of hydrogen-bond acceptors (Lipinski definition) is 4. The van der Waals surface area contributed by atoms with Crippen molar-refractivity contribution in [3.05, 3.63) is 120 Å². The van der Waals surface area contributed by atoms with Crippen LogP contribution in [0.1, 0.15) is 43.5 Å². The molecule has 0 fully saturated rings. The number of fused-ring (bicyclic) bond motifs is 3. The monoisotopic (exact) mass is 739 g/mol. The van der Waals surface area contributed by atoms with E-state index in [9.17, 15) is 0 Å². The molecule has 6 heteroatoms. The van der Waals surface area contributed by atoms with Gasteiger partial charge in [0.1, 0.15) is 0 Å². The van der Waals surface area contributed by atoms with Crippen LogP contribution in [0.3, 0.4) is 0 Å². The Balaban J connectivity index is 0.000000152. The van der Waals surface area contributed by atoms with E-state index in [1.165, 1.54) is 22.2 Å². The van der Waals surface area contributed by atoms with E-state index in [2.05, 4.69) is 96.0 Å². The zero-order valence-electron chi connectivity index (χ0n) is 24.5. The van der Waals surface area contributed by atoms with E-state index in [0.717, 1.165) is 56.8 Å². The summed E-state index contributed by atoms with van der Waals surface area (Å²) in [5.41, 5.74) is 11.4. The van der Waals surface area contributed by atoms with Crippen molar-refractivity contribution in [1.29, 1.82) is 0 Å². The Labute approximate surface area is 264 Å². The van der Waals surface area contributed by atoms with Crippen molar-refractivity contribution in [1.82, 2.24) is 19.5 Å². The summed E-state index contributed by atoms with van der Waals surface area (Å²) in [7, 11) is 0. The maximum Gasteiger partial charge on any atom is 0.216 e. The predicted octanol–water partition coefficient (Wildman–Crippen LogP) is 9.19. The van der Waals surface area contributed by atoms with E-state index in [1.54, 1.807) is 0 Å². The zero-order valence-corrected chi connectivity index (χ0v) is 26.9. The second-order valence-electron chi connectivity index (χ2n) is 11.0. The second-order valence-corrected chi connectivity index (χ2v) is 11.0. The maximum absolute atomic E-state index is 6.04. The molecule has 43 heavy (non-hydrogen) atoms. The molecule has 0 saturated carbocycles. The number of imidazole rings is 1. The number of aryl methyl sites for hydroxylation is 1. The Morgan fingerprint density at radius 2 is 1.77 bits per heavy atom. The molecule has 5 nitrogen and oxygen atoms in total. The fraction of sp³-hybridized carbons (Fsp3) is 0.162. The van der Waals surface area contributed by atoms with Crippen molar-refractivity contribution in [3.63, 3.8) is 0 Å². The van der Waals surface area contributed by atoms with Gasteiger partial charge in [0.25, 0.3) is 0 Å². The number of furan rings is 1. The zero-order chi connectivity index (χ0) is 28.8. The van der Waals surface area contributed by atoms with Crippen molar-refractivity contribution in [2.45, 2.75) is 40.2 Å². The van der Waals surface area contributed by atoms with Gasteiger partial charge in [-0.25, -0.2) is 4.98 Å². The van der Waals surface area contributed by atoms with Gasteiger partial charge < -0.3 is 14.0 Å². The first-order valence-corrected chi connectivity index (χ1v) is 14.3. The van der Waals surface area contributed by atoms with E-state index in [-0.39, 0.29) is 20.1 Å². The summed E-state index contributed by atoms with van der Waals surface area (Å²) in [6.07, 6.45) is 4.11. The van der Waals surface area contributed by atoms with E-state index in [4.69, 9.17) is 9.40 Å². The quantitative estimate of drug-likeness (QED) is 0.170. The smallest absolute Gasteiger partial charge is 0.216 e. The Kier molecular flexibility index (Phi) is 7.83. The largest absolute Gasteiger partial charge is 0.486 e. The molecule has 0 atom stereocenters. The number of aromatic nitrogens is 4. The fourth-order valence-corrected chi connectivity index (χ4v) is 5.61. The average Bonchev–Trinajstić information content (AvgIpc) is 3.58. The Morgan fingerprint density at radius 1 is 0.884 bits per heavy atom. The van der Waals surface area contributed by atoms with Crippen LogP contribution in [-0.4, -0.2) is 19.5 Å². The number of para-hydroxylation sites is 1. The minimum atomic E-state index is 0. The third-order valence-electron chi connectivity index (χ3n) is 7.87. The first kappa shape index (κ1) is 28.7. The van der Waals surface area contributed by atoms with Crippen LogP contribution in [0.4, 0.5) is 0 Å². The molecule has 0 bridgehead atoms. The molecule has 1 aliphatic heterocycles. The van der Waals surface area contributed by atoms with Crippen LogP contribution < -0.4 is 0 Å². The average molecular weight is 739 g/mol. The third kappa shape index (κ3) is 5.22. The van der Waals surface area contributed by atoms with E-state index >= 15 is 0 Å². The molecule has 5 heterocycles. The maximum atomic E-state index is 6.04. The third-order valence-corrected chi connectivity index (χ3v) is 7.87. The van der Waals surface area contributed by atoms with Crippen LogP contribution in [0.5, 0.6) is 0 Å². The molecule has 1 radical (unpaired) electrons. The molecular weight excluding hydrogens is 709 g/mol. The molecule has 0 amide bonds. The summed E-state index contributed by atoms with van der Waals surface area (Å²) < 4.78 is 8.32. The molecule has 0 saturated heterocycles. The fourth-order valence-electron chi connectivity index (χ4n) is 5.61. The number of pyridine rings is 2. The molecular formula is C37H30IrN4O-2. The Bertz CT molecular complexity index is 2120. The summed E-state index contributed by atoms with van der Waals surface area (Å²) in [5.74, 6) is 1.46. The molecule has 0 spiro atoms. The summed E-state index contributed by atoms with van der Waals surface area (Å²) in [6.45, 7) is 9.37. The molecule has 0 unspecified atom stereocenters. The molecule has 0 N–H and O–H groups in total. The number of hydrogen-bond donors (Lipinski definition) is 0. The van der Waals surface area contributed by atoms with Gasteiger partial charge in [0.05, 0.1) is 22.4 Å². The summed E-state index contributed by atoms with van der Waals surface area (Å²) >= 11 is 0. The standard InChI is InChI=1S/C20H17N2O.C17H13N2.Ir/c1-12(2)14-9-10-21-18(11-14)17-6-4-5-15-16-8-7-13(3)22-20(16)23-19(15)17;1-12-10-11-19-16-14(12)8-5-9-15(16)18-17(19)13-6-3-2-4-7-13;/h4-5,7-12H,1-3H3;2-6,8-10H,11H2,1H3;/q2*-1;. The Hall–Kier alpha value is -4.38. The predicted molar refractivity (Wildman–Crippen MR) is 170 cm³/mol. The summed E-state index contributed by atoms with van der Waals surface area (Å²) in [6, 6.07) is 33.1. The number of allylic oxidation sites excluding steroid dienone is 2. The van der Waals surface area contributed by atoms with Crippen LogP contribution in [0.2, 0.25) is 0 Å². The Morgan fingerprint density at radius 3 is 2.58 bits per heavy atom. The number of benzene rings is 3. The number of nitrogens with zero attached hydrogens (tertiary/aromatic N) is 4. The molecule has 215 valence electrons. The van der Waals surface area contributed by atoms with Crippen molar-refractivity contribution in [2.24, 2.45) is 0 Å². The second kappa shape index (κ2) is 11.7. The van der Waals surface area contributed by atoms with E-state index in [0.29, 0.717) is 11.6 Å². The molecule has 8 rings (SSSR count). The van der Waals surface area contributed by atoms with Gasteiger partial charge in [0, 0.05) is 49.5 Å². The van der Waals surface area contributed by atoms with Gasteiger partial charge in [-0.15, -0.1) is 54.1 Å². The van der Waals surface area contributed by atoms with Crippen molar-refractivity contribution < 1.29 is 24.5 Å². The molecule has 4 aromatic heterocycles. The van der Waals surface area contributed by atoms with Crippen molar-refractivity contribution >= 4 is 38.7 Å². The molecule has 7 aromatic rings. The topological polar surface area (TPSA) is 56.7 Å². The van der Waals surface area contributed by atoms with Crippen molar-refractivity contribution in [3.8, 4) is 22.6 Å². The first-order chi connectivity index (χ1) is 20.5. The van der Waals surface area contributed by atoms with Crippen LogP contribution in [0.15, 0.2) is 95.6 Å².